The zero-order valence-corrected chi connectivity index (χ0v) is 11.6. The largest absolute Gasteiger partial charge is 0.376 e. The molecular weight excluding hydrogens is 244 g/mol. The van der Waals surface area contributed by atoms with Gasteiger partial charge in [-0.15, -0.1) is 0 Å². The van der Waals surface area contributed by atoms with Gasteiger partial charge >= 0.3 is 6.03 Å². The Labute approximate surface area is 113 Å². The predicted molar refractivity (Wildman–Crippen MR) is 71.9 cm³/mol. The Balaban J connectivity index is 1.64. The summed E-state index contributed by atoms with van der Waals surface area (Å²) in [5.41, 5.74) is 1.12. The van der Waals surface area contributed by atoms with Gasteiger partial charge in [-0.05, 0) is 31.7 Å². The molecule has 0 saturated carbocycles. The highest BCUT2D eigenvalue weighted by Crippen LogP contribution is 2.15. The number of rotatable bonds is 5. The fraction of sp³-hybridized carbons (Fsp3) is 0.692. The molecule has 0 spiro atoms. The normalized spacial score (nSPS) is 20.2. The van der Waals surface area contributed by atoms with Gasteiger partial charge in [0.15, 0.2) is 0 Å². The number of carbonyl (C=O) groups excluding carboxylic acids is 1. The van der Waals surface area contributed by atoms with Crippen LogP contribution < -0.4 is 10.6 Å². The maximum absolute atomic E-state index is 11.7. The van der Waals surface area contributed by atoms with E-state index in [-0.39, 0.29) is 18.2 Å². The fourth-order valence-electron chi connectivity index (χ4n) is 2.27. The standard InChI is InChI=1S/C13H22N4O2/c1-10(12-4-3-7-19-12)16-13(18)14-6-5-11-8-15-17(2)9-11/h8-10,12H,3-7H2,1-2H3,(H2,14,16,18)/t10-,12-/m1/s1. The first kappa shape index (κ1) is 13.9. The van der Waals surface area contributed by atoms with E-state index in [0.29, 0.717) is 6.54 Å². The Morgan fingerprint density at radius 1 is 1.68 bits per heavy atom. The smallest absolute Gasteiger partial charge is 0.315 e. The first-order valence-electron chi connectivity index (χ1n) is 6.78. The molecule has 1 aliphatic rings. The summed E-state index contributed by atoms with van der Waals surface area (Å²) in [6, 6.07) is -0.0761. The molecule has 1 aromatic rings. The Kier molecular flexibility index (Phi) is 4.79. The molecule has 19 heavy (non-hydrogen) atoms. The van der Waals surface area contributed by atoms with Crippen LogP contribution in [0, 0.1) is 0 Å². The monoisotopic (exact) mass is 266 g/mol. The van der Waals surface area contributed by atoms with Crippen molar-refractivity contribution in [2.45, 2.75) is 38.3 Å². The van der Waals surface area contributed by atoms with Gasteiger partial charge < -0.3 is 15.4 Å². The Bertz CT molecular complexity index is 413. The van der Waals surface area contributed by atoms with Crippen molar-refractivity contribution < 1.29 is 9.53 Å². The van der Waals surface area contributed by atoms with Gasteiger partial charge in [-0.1, -0.05) is 0 Å². The number of ether oxygens (including phenoxy) is 1. The highest BCUT2D eigenvalue weighted by Gasteiger charge is 2.23. The van der Waals surface area contributed by atoms with Crippen LogP contribution in [-0.4, -0.2) is 41.1 Å². The van der Waals surface area contributed by atoms with Crippen LogP contribution in [-0.2, 0) is 18.2 Å². The summed E-state index contributed by atoms with van der Waals surface area (Å²) in [4.78, 5) is 11.7. The van der Waals surface area contributed by atoms with Crippen LogP contribution in [0.1, 0.15) is 25.3 Å². The van der Waals surface area contributed by atoms with Gasteiger partial charge in [-0.2, -0.15) is 5.10 Å². The van der Waals surface area contributed by atoms with E-state index in [2.05, 4.69) is 15.7 Å². The molecular formula is C13H22N4O2. The molecule has 2 N–H and O–H groups in total. The number of urea groups is 1. The van der Waals surface area contributed by atoms with Crippen molar-refractivity contribution in [1.29, 1.82) is 0 Å². The molecule has 106 valence electrons. The minimum atomic E-state index is -0.133. The summed E-state index contributed by atoms with van der Waals surface area (Å²) in [5.74, 6) is 0. The van der Waals surface area contributed by atoms with Crippen LogP contribution in [0.2, 0.25) is 0 Å². The molecule has 6 nitrogen and oxygen atoms in total. The fourth-order valence-corrected chi connectivity index (χ4v) is 2.27. The molecule has 0 aliphatic carbocycles. The van der Waals surface area contributed by atoms with Gasteiger partial charge in [-0.3, -0.25) is 4.68 Å². The minimum absolute atomic E-state index is 0.0564. The van der Waals surface area contributed by atoms with Crippen LogP contribution in [0.4, 0.5) is 4.79 Å². The van der Waals surface area contributed by atoms with Gasteiger partial charge in [0, 0.05) is 26.4 Å². The molecule has 0 aromatic carbocycles. The van der Waals surface area contributed by atoms with Crippen molar-refractivity contribution >= 4 is 6.03 Å². The maximum atomic E-state index is 11.7. The average Bonchev–Trinajstić information content (AvgIpc) is 3.00. The van der Waals surface area contributed by atoms with Gasteiger partial charge in [0.25, 0.3) is 0 Å². The summed E-state index contributed by atoms with van der Waals surface area (Å²) in [6.07, 6.45) is 6.82. The van der Waals surface area contributed by atoms with Crippen LogP contribution in [0.25, 0.3) is 0 Å². The second kappa shape index (κ2) is 6.56. The Hall–Kier alpha value is -1.56. The molecule has 2 rings (SSSR count). The summed E-state index contributed by atoms with van der Waals surface area (Å²) >= 11 is 0. The molecule has 2 atom stereocenters. The zero-order valence-electron chi connectivity index (χ0n) is 11.6. The molecule has 2 heterocycles. The highest BCUT2D eigenvalue weighted by molar-refractivity contribution is 5.74. The second-order valence-electron chi connectivity index (χ2n) is 5.01. The van der Waals surface area contributed by atoms with E-state index in [4.69, 9.17) is 4.74 Å². The van der Waals surface area contributed by atoms with Gasteiger partial charge in [0.2, 0.25) is 0 Å². The summed E-state index contributed by atoms with van der Waals surface area (Å²) in [7, 11) is 1.88. The minimum Gasteiger partial charge on any atom is -0.376 e. The molecule has 0 radical (unpaired) electrons. The summed E-state index contributed by atoms with van der Waals surface area (Å²) < 4.78 is 7.30. The lowest BCUT2D eigenvalue weighted by Gasteiger charge is -2.20. The lowest BCUT2D eigenvalue weighted by Crippen LogP contribution is -2.46. The first-order valence-corrected chi connectivity index (χ1v) is 6.78. The third kappa shape index (κ3) is 4.24. The number of aryl methyl sites for hydroxylation is 1. The molecule has 0 unspecified atom stereocenters. The van der Waals surface area contributed by atoms with Crippen molar-refractivity contribution in [2.75, 3.05) is 13.2 Å². The SMILES string of the molecule is C[C@@H](NC(=O)NCCc1cnn(C)c1)[C@H]1CCCO1. The van der Waals surface area contributed by atoms with Crippen LogP contribution in [0.3, 0.4) is 0 Å². The van der Waals surface area contributed by atoms with Crippen LogP contribution in [0.5, 0.6) is 0 Å². The topological polar surface area (TPSA) is 68.2 Å². The van der Waals surface area contributed by atoms with E-state index >= 15 is 0 Å². The van der Waals surface area contributed by atoms with Crippen molar-refractivity contribution in [3.63, 3.8) is 0 Å². The first-order chi connectivity index (χ1) is 9.15. The average molecular weight is 266 g/mol. The Morgan fingerprint density at radius 3 is 3.16 bits per heavy atom. The van der Waals surface area contributed by atoms with E-state index in [1.54, 1.807) is 4.68 Å². The lowest BCUT2D eigenvalue weighted by atomic mass is 10.1. The van der Waals surface area contributed by atoms with Crippen molar-refractivity contribution in [3.8, 4) is 0 Å². The molecule has 1 fully saturated rings. The number of nitrogens with one attached hydrogen (secondary N) is 2. The van der Waals surface area contributed by atoms with Gasteiger partial charge in [-0.25, -0.2) is 4.79 Å². The number of nitrogens with zero attached hydrogens (tertiary/aromatic N) is 2. The van der Waals surface area contributed by atoms with Crippen LogP contribution in [0.15, 0.2) is 12.4 Å². The second-order valence-corrected chi connectivity index (χ2v) is 5.01. The van der Waals surface area contributed by atoms with Crippen molar-refractivity contribution in [3.05, 3.63) is 18.0 Å². The number of hydrogen-bond donors (Lipinski definition) is 2. The predicted octanol–water partition coefficient (Wildman–Crippen LogP) is 0.829. The number of amides is 2. The third-order valence-corrected chi connectivity index (χ3v) is 3.34. The highest BCUT2D eigenvalue weighted by atomic mass is 16.5. The molecule has 2 amide bonds. The molecule has 1 saturated heterocycles. The number of carbonyl (C=O) groups is 1. The molecule has 1 aliphatic heterocycles. The van der Waals surface area contributed by atoms with Gasteiger partial charge in [0.05, 0.1) is 18.3 Å². The van der Waals surface area contributed by atoms with Crippen LogP contribution >= 0.6 is 0 Å². The third-order valence-electron chi connectivity index (χ3n) is 3.34. The Morgan fingerprint density at radius 2 is 2.53 bits per heavy atom. The summed E-state index contributed by atoms with van der Waals surface area (Å²) in [6.45, 7) is 3.39. The van der Waals surface area contributed by atoms with Crippen molar-refractivity contribution in [2.24, 2.45) is 7.05 Å². The maximum Gasteiger partial charge on any atom is 0.315 e. The number of aromatic nitrogens is 2. The molecule has 1 aromatic heterocycles. The zero-order chi connectivity index (χ0) is 13.7. The van der Waals surface area contributed by atoms with Gasteiger partial charge in [0.1, 0.15) is 0 Å². The quantitative estimate of drug-likeness (QED) is 0.829. The van der Waals surface area contributed by atoms with E-state index in [0.717, 1.165) is 31.4 Å². The van der Waals surface area contributed by atoms with E-state index < -0.39 is 0 Å². The van der Waals surface area contributed by atoms with E-state index in [1.807, 2.05) is 26.4 Å². The summed E-state index contributed by atoms with van der Waals surface area (Å²) in [5, 5.41) is 9.86. The van der Waals surface area contributed by atoms with Crippen molar-refractivity contribution in [1.82, 2.24) is 20.4 Å². The van der Waals surface area contributed by atoms with E-state index in [9.17, 15) is 4.79 Å². The van der Waals surface area contributed by atoms with E-state index in [1.165, 1.54) is 0 Å². The molecule has 6 heteroatoms. The lowest BCUT2D eigenvalue weighted by molar-refractivity contribution is 0.0860. The molecule has 0 bridgehead atoms. The number of hydrogen-bond acceptors (Lipinski definition) is 3.